The van der Waals surface area contributed by atoms with Gasteiger partial charge >= 0.3 is 0 Å². The van der Waals surface area contributed by atoms with Gasteiger partial charge in [-0.1, -0.05) is 6.92 Å². The highest BCUT2D eigenvalue weighted by Crippen LogP contribution is 2.28. The van der Waals surface area contributed by atoms with Crippen LogP contribution in [0.3, 0.4) is 0 Å². The lowest BCUT2D eigenvalue weighted by molar-refractivity contribution is -0.0565. The first-order valence-corrected chi connectivity index (χ1v) is 6.51. The Kier molecular flexibility index (Phi) is 4.77. The van der Waals surface area contributed by atoms with E-state index in [2.05, 4.69) is 11.8 Å². The summed E-state index contributed by atoms with van der Waals surface area (Å²) in [5.74, 6) is 0.865. The van der Waals surface area contributed by atoms with Gasteiger partial charge in [-0.15, -0.1) is 0 Å². The van der Waals surface area contributed by atoms with Crippen LogP contribution < -0.4 is 5.73 Å². The van der Waals surface area contributed by atoms with E-state index in [0.29, 0.717) is 13.2 Å². The summed E-state index contributed by atoms with van der Waals surface area (Å²) in [7, 11) is 0. The first kappa shape index (κ1) is 13.5. The Morgan fingerprint density at radius 3 is 3.06 bits per heavy atom. The number of hydrogen-bond donors (Lipinski definition) is 2. The van der Waals surface area contributed by atoms with Gasteiger partial charge in [-0.2, -0.15) is 0 Å². The Hall–Kier alpha value is -0.880. The van der Waals surface area contributed by atoms with Gasteiger partial charge in [0.15, 0.2) is 0 Å². The van der Waals surface area contributed by atoms with Gasteiger partial charge in [-0.3, -0.25) is 4.90 Å². The number of rotatable bonds is 5. The number of aliphatic hydroxyl groups excluding tert-OH is 1. The fourth-order valence-electron chi connectivity index (χ4n) is 2.49. The molecule has 2 heterocycles. The summed E-state index contributed by atoms with van der Waals surface area (Å²) in [6.07, 6.45) is 2.53. The molecule has 0 spiro atoms. The van der Waals surface area contributed by atoms with Crippen molar-refractivity contribution < 1.29 is 14.3 Å². The summed E-state index contributed by atoms with van der Waals surface area (Å²) < 4.78 is 10.9. The van der Waals surface area contributed by atoms with E-state index in [1.165, 1.54) is 0 Å². The number of nitrogens with zero attached hydrogens (tertiary/aromatic N) is 1. The largest absolute Gasteiger partial charge is 0.468 e. The van der Waals surface area contributed by atoms with E-state index in [0.717, 1.165) is 18.7 Å². The number of morpholine rings is 1. The molecule has 0 aromatic carbocycles. The van der Waals surface area contributed by atoms with Crippen LogP contribution in [0.15, 0.2) is 22.8 Å². The molecule has 102 valence electrons. The molecule has 0 amide bonds. The quantitative estimate of drug-likeness (QED) is 0.811. The Labute approximate surface area is 108 Å². The summed E-state index contributed by atoms with van der Waals surface area (Å²) in [5, 5.41) is 9.47. The molecule has 1 aliphatic heterocycles. The maximum atomic E-state index is 9.47. The normalized spacial score (nSPS) is 24.9. The van der Waals surface area contributed by atoms with Gasteiger partial charge in [0, 0.05) is 12.6 Å². The zero-order chi connectivity index (χ0) is 13.0. The molecule has 5 nitrogen and oxygen atoms in total. The smallest absolute Gasteiger partial charge is 0.122 e. The Morgan fingerprint density at radius 1 is 1.61 bits per heavy atom. The molecular formula is C13H22N2O3. The first-order chi connectivity index (χ1) is 8.77. The number of nitrogens with two attached hydrogens (primary N) is 1. The number of hydrogen-bond acceptors (Lipinski definition) is 5. The van der Waals surface area contributed by atoms with Crippen molar-refractivity contribution in [3.8, 4) is 0 Å². The molecule has 3 N–H and O–H groups in total. The van der Waals surface area contributed by atoms with E-state index in [-0.39, 0.29) is 24.7 Å². The van der Waals surface area contributed by atoms with Gasteiger partial charge in [-0.05, 0) is 18.6 Å². The zero-order valence-corrected chi connectivity index (χ0v) is 10.8. The van der Waals surface area contributed by atoms with Crippen molar-refractivity contribution >= 4 is 0 Å². The third-order valence-corrected chi connectivity index (χ3v) is 3.55. The first-order valence-electron chi connectivity index (χ1n) is 6.51. The molecule has 1 aliphatic rings. The molecule has 1 fully saturated rings. The average molecular weight is 254 g/mol. The Balaban J connectivity index is 2.22. The molecule has 5 heteroatoms. The van der Waals surface area contributed by atoms with E-state index in [1.54, 1.807) is 6.26 Å². The molecule has 2 rings (SSSR count). The molecule has 1 aromatic rings. The fraction of sp³-hybridized carbons (Fsp3) is 0.692. The molecule has 1 aromatic heterocycles. The standard InChI is InChI=1S/C13H22N2O3/c1-2-11(14)13(12-4-3-6-18-12)15-5-7-17-9-10(15)8-16/h3-4,6,10-11,13,16H,2,5,7-9,14H2,1H3. The summed E-state index contributed by atoms with van der Waals surface area (Å²) in [5.41, 5.74) is 6.23. The van der Waals surface area contributed by atoms with Crippen LogP contribution >= 0.6 is 0 Å². The maximum Gasteiger partial charge on any atom is 0.122 e. The number of aliphatic hydroxyl groups is 1. The Morgan fingerprint density at radius 2 is 2.44 bits per heavy atom. The predicted molar refractivity (Wildman–Crippen MR) is 68.1 cm³/mol. The van der Waals surface area contributed by atoms with Gasteiger partial charge in [0.05, 0.1) is 38.2 Å². The van der Waals surface area contributed by atoms with Gasteiger partial charge in [0.1, 0.15) is 5.76 Å². The minimum atomic E-state index is -0.0108. The molecule has 3 unspecified atom stereocenters. The highest BCUT2D eigenvalue weighted by atomic mass is 16.5. The second kappa shape index (κ2) is 6.33. The second-order valence-electron chi connectivity index (χ2n) is 4.68. The van der Waals surface area contributed by atoms with Crippen LogP contribution in [0.1, 0.15) is 25.1 Å². The Bertz CT molecular complexity index is 342. The van der Waals surface area contributed by atoms with Crippen LogP contribution in [0.4, 0.5) is 0 Å². The molecular weight excluding hydrogens is 232 g/mol. The van der Waals surface area contributed by atoms with E-state index in [1.807, 2.05) is 12.1 Å². The van der Waals surface area contributed by atoms with Crippen molar-refractivity contribution in [1.29, 1.82) is 0 Å². The molecule has 1 saturated heterocycles. The number of furan rings is 1. The SMILES string of the molecule is CCC(N)C(c1ccco1)N1CCOCC1CO. The topological polar surface area (TPSA) is 71.9 Å². The van der Waals surface area contributed by atoms with E-state index < -0.39 is 0 Å². The van der Waals surface area contributed by atoms with Crippen LogP contribution in [0.5, 0.6) is 0 Å². The van der Waals surface area contributed by atoms with Crippen LogP contribution in [-0.4, -0.2) is 48.5 Å². The highest BCUT2D eigenvalue weighted by Gasteiger charge is 2.34. The van der Waals surface area contributed by atoms with Crippen molar-refractivity contribution in [3.05, 3.63) is 24.2 Å². The molecule has 0 aliphatic carbocycles. The van der Waals surface area contributed by atoms with Crippen molar-refractivity contribution in [2.45, 2.75) is 31.5 Å². The lowest BCUT2D eigenvalue weighted by Crippen LogP contribution is -2.53. The third kappa shape index (κ3) is 2.75. The lowest BCUT2D eigenvalue weighted by Gasteiger charge is -2.41. The van der Waals surface area contributed by atoms with Crippen LogP contribution in [0, 0.1) is 0 Å². The molecule has 3 atom stereocenters. The van der Waals surface area contributed by atoms with Gasteiger partial charge in [0.2, 0.25) is 0 Å². The van der Waals surface area contributed by atoms with E-state index in [9.17, 15) is 5.11 Å². The van der Waals surface area contributed by atoms with Crippen molar-refractivity contribution in [2.75, 3.05) is 26.4 Å². The van der Waals surface area contributed by atoms with E-state index >= 15 is 0 Å². The number of ether oxygens (including phenoxy) is 1. The van der Waals surface area contributed by atoms with Gasteiger partial charge in [-0.25, -0.2) is 0 Å². The molecule has 18 heavy (non-hydrogen) atoms. The van der Waals surface area contributed by atoms with E-state index in [4.69, 9.17) is 14.9 Å². The summed E-state index contributed by atoms with van der Waals surface area (Å²) >= 11 is 0. The molecule has 0 bridgehead atoms. The van der Waals surface area contributed by atoms with Crippen molar-refractivity contribution in [3.63, 3.8) is 0 Å². The molecule has 0 radical (unpaired) electrons. The van der Waals surface area contributed by atoms with Gasteiger partial charge in [0.25, 0.3) is 0 Å². The highest BCUT2D eigenvalue weighted by molar-refractivity contribution is 5.09. The predicted octanol–water partition coefficient (Wildman–Crippen LogP) is 0.751. The maximum absolute atomic E-state index is 9.47. The summed E-state index contributed by atoms with van der Waals surface area (Å²) in [6, 6.07) is 3.81. The second-order valence-corrected chi connectivity index (χ2v) is 4.68. The monoisotopic (exact) mass is 254 g/mol. The van der Waals surface area contributed by atoms with Crippen molar-refractivity contribution in [1.82, 2.24) is 4.90 Å². The fourth-order valence-corrected chi connectivity index (χ4v) is 2.49. The zero-order valence-electron chi connectivity index (χ0n) is 10.8. The van der Waals surface area contributed by atoms with Crippen LogP contribution in [-0.2, 0) is 4.74 Å². The van der Waals surface area contributed by atoms with Crippen LogP contribution in [0.25, 0.3) is 0 Å². The molecule has 0 saturated carbocycles. The van der Waals surface area contributed by atoms with Gasteiger partial charge < -0.3 is 20.0 Å². The summed E-state index contributed by atoms with van der Waals surface area (Å²) in [6.45, 7) is 4.13. The minimum absolute atomic E-state index is 0.00560. The summed E-state index contributed by atoms with van der Waals surface area (Å²) in [4.78, 5) is 2.20. The average Bonchev–Trinajstić information content (AvgIpc) is 2.93. The minimum Gasteiger partial charge on any atom is -0.468 e. The van der Waals surface area contributed by atoms with Crippen molar-refractivity contribution in [2.24, 2.45) is 5.73 Å². The lowest BCUT2D eigenvalue weighted by atomic mass is 9.99. The van der Waals surface area contributed by atoms with Crippen LogP contribution in [0.2, 0.25) is 0 Å². The third-order valence-electron chi connectivity index (χ3n) is 3.55.